The molecule has 0 radical (unpaired) electrons. The molecule has 1 aliphatic heterocycles. The Morgan fingerprint density at radius 1 is 1.33 bits per heavy atom. The number of nitrogens with zero attached hydrogens (tertiary/aromatic N) is 2. The molecule has 19 heteroatoms. The summed E-state index contributed by atoms with van der Waals surface area (Å²) < 4.78 is 53.6. The van der Waals surface area contributed by atoms with Crippen LogP contribution < -0.4 is 16.8 Å². The molecule has 1 aromatic rings. The van der Waals surface area contributed by atoms with Crippen molar-refractivity contribution < 1.29 is 51.2 Å². The number of aliphatic imine (C=N–C) groups is 1. The summed E-state index contributed by atoms with van der Waals surface area (Å²) >= 11 is 0. The number of likely N-dealkylation sites (N-methyl/N-ethyl adjacent to an activating group) is 1. The molecule has 2 rings (SSSR count). The fourth-order valence-electron chi connectivity index (χ4n) is 3.24. The van der Waals surface area contributed by atoms with E-state index in [1.807, 2.05) is 0 Å². The molecule has 33 heavy (non-hydrogen) atoms. The first kappa shape index (κ1) is 27.9. The van der Waals surface area contributed by atoms with Crippen LogP contribution in [0.5, 0.6) is 0 Å². The maximum absolute atomic E-state index is 12.0. The SMILES string of the molecule is C=C/N=C(/N)c1c(C)cn([C@H]2CC(NC)[C@@H](COP(=O)(O)OP(=O)(O)OP(=O)(O)O)O2)c1N. The number of hydrogen-bond donors (Lipinski definition) is 7. The number of rotatable bonds is 11. The fourth-order valence-corrected chi connectivity index (χ4v) is 6.27. The van der Waals surface area contributed by atoms with E-state index in [0.29, 0.717) is 12.0 Å². The third-order valence-corrected chi connectivity index (χ3v) is 8.29. The fraction of sp³-hybridized carbons (Fsp3) is 0.500. The largest absolute Gasteiger partial charge is 0.490 e. The van der Waals surface area contributed by atoms with E-state index in [4.69, 9.17) is 26.0 Å². The minimum absolute atomic E-state index is 0.158. The van der Waals surface area contributed by atoms with E-state index in [2.05, 4.69) is 30.0 Å². The monoisotopic (exact) mass is 533 g/mol. The number of nitrogen functional groups attached to an aromatic ring is 1. The summed E-state index contributed by atoms with van der Waals surface area (Å²) in [6.45, 7) is 4.66. The molecule has 188 valence electrons. The van der Waals surface area contributed by atoms with Crippen LogP contribution in [0.2, 0.25) is 0 Å². The molecule has 0 bridgehead atoms. The molecule has 1 saturated heterocycles. The number of phosphoric acid groups is 3. The van der Waals surface area contributed by atoms with Crippen LogP contribution in [0.1, 0.15) is 23.8 Å². The van der Waals surface area contributed by atoms with Gasteiger partial charge in [-0.15, -0.1) is 0 Å². The van der Waals surface area contributed by atoms with E-state index in [-0.39, 0.29) is 11.7 Å². The van der Waals surface area contributed by atoms with Gasteiger partial charge in [-0.25, -0.2) is 18.7 Å². The number of amidine groups is 1. The number of anilines is 1. The first-order valence-electron chi connectivity index (χ1n) is 9.11. The lowest BCUT2D eigenvalue weighted by Gasteiger charge is -2.21. The standard InChI is InChI=1S/C14H26N5O11P3/c1-4-18-13(15)12-8(2)6-19(14(12)16)11-5-9(17-3)10(28-11)7-27-32(23,24)30-33(25,26)29-31(20,21)22/h4,6,9-11,17H,1,5,7,16H2,2-3H3,(H2,15,18)(H,23,24)(H,25,26)(H2,20,21,22)/t9?,10-,11-/m1/s1. The van der Waals surface area contributed by atoms with Crippen LogP contribution in [0.25, 0.3) is 0 Å². The Morgan fingerprint density at radius 2 is 1.97 bits per heavy atom. The van der Waals surface area contributed by atoms with Crippen LogP contribution in [0.3, 0.4) is 0 Å². The number of nitrogens with one attached hydrogen (secondary N) is 1. The Morgan fingerprint density at radius 3 is 2.52 bits per heavy atom. The van der Waals surface area contributed by atoms with Gasteiger partial charge < -0.3 is 45.7 Å². The molecule has 1 aliphatic rings. The molecule has 0 spiro atoms. The Balaban J connectivity index is 2.12. The lowest BCUT2D eigenvalue weighted by molar-refractivity contribution is -0.0250. The molecule has 5 atom stereocenters. The average Bonchev–Trinajstić information content (AvgIpc) is 3.17. The van der Waals surface area contributed by atoms with Crippen molar-refractivity contribution in [1.29, 1.82) is 0 Å². The van der Waals surface area contributed by atoms with E-state index in [0.717, 1.165) is 5.56 Å². The van der Waals surface area contributed by atoms with Crippen LogP contribution in [-0.2, 0) is 31.6 Å². The molecule has 0 amide bonds. The number of nitrogens with two attached hydrogens (primary N) is 2. The summed E-state index contributed by atoms with van der Waals surface area (Å²) in [5.74, 6) is 0.426. The van der Waals surface area contributed by atoms with Gasteiger partial charge in [-0.05, 0) is 19.5 Å². The number of hydrogen-bond acceptors (Lipinski definition) is 10. The van der Waals surface area contributed by atoms with Crippen molar-refractivity contribution in [3.63, 3.8) is 0 Å². The normalized spacial score (nSPS) is 25.5. The maximum Gasteiger partial charge on any atom is 0.490 e. The van der Waals surface area contributed by atoms with E-state index in [1.54, 1.807) is 24.7 Å². The summed E-state index contributed by atoms with van der Waals surface area (Å²) in [6, 6.07) is -0.410. The first-order chi connectivity index (χ1) is 15.1. The lowest BCUT2D eigenvalue weighted by Crippen LogP contribution is -2.36. The number of aromatic nitrogens is 1. The summed E-state index contributed by atoms with van der Waals surface area (Å²) in [5, 5.41) is 2.95. The van der Waals surface area contributed by atoms with Gasteiger partial charge in [-0.2, -0.15) is 8.62 Å². The minimum Gasteiger partial charge on any atom is -0.384 e. The van der Waals surface area contributed by atoms with Gasteiger partial charge in [0.15, 0.2) is 0 Å². The van der Waals surface area contributed by atoms with Crippen molar-refractivity contribution in [2.75, 3.05) is 19.4 Å². The predicted octanol–water partition coefficient (Wildman–Crippen LogP) is 0.446. The van der Waals surface area contributed by atoms with Gasteiger partial charge >= 0.3 is 23.5 Å². The van der Waals surface area contributed by atoms with Crippen LogP contribution in [0.15, 0.2) is 24.0 Å². The highest BCUT2D eigenvalue weighted by Gasteiger charge is 2.43. The van der Waals surface area contributed by atoms with E-state index in [1.165, 1.54) is 6.20 Å². The molecule has 3 unspecified atom stereocenters. The predicted molar refractivity (Wildman–Crippen MR) is 116 cm³/mol. The molecule has 0 aromatic carbocycles. The molecule has 1 fully saturated rings. The minimum atomic E-state index is -5.61. The number of aryl methyl sites for hydroxylation is 1. The molecule has 2 heterocycles. The highest BCUT2D eigenvalue weighted by atomic mass is 31.3. The van der Waals surface area contributed by atoms with Gasteiger partial charge in [0.1, 0.15) is 17.9 Å². The molecular formula is C14H26N5O11P3. The molecule has 1 aromatic heterocycles. The Kier molecular flexibility index (Phi) is 8.85. The zero-order valence-electron chi connectivity index (χ0n) is 17.5. The summed E-state index contributed by atoms with van der Waals surface area (Å²) in [6.07, 6.45) is 1.82. The van der Waals surface area contributed by atoms with Crippen molar-refractivity contribution in [2.24, 2.45) is 10.7 Å². The summed E-state index contributed by atoms with van der Waals surface area (Å²) in [5.41, 5.74) is 13.3. The molecule has 16 nitrogen and oxygen atoms in total. The van der Waals surface area contributed by atoms with Gasteiger partial charge in [-0.1, -0.05) is 6.58 Å². The average molecular weight is 533 g/mol. The second-order valence-electron chi connectivity index (χ2n) is 6.82. The molecule has 0 aliphatic carbocycles. The van der Waals surface area contributed by atoms with Gasteiger partial charge in [-0.3, -0.25) is 4.52 Å². The van der Waals surface area contributed by atoms with Crippen molar-refractivity contribution >= 4 is 35.1 Å². The van der Waals surface area contributed by atoms with Crippen molar-refractivity contribution in [1.82, 2.24) is 9.88 Å². The Labute approximate surface area is 188 Å². The number of ether oxygens (including phenoxy) is 1. The Bertz CT molecular complexity index is 1050. The first-order valence-corrected chi connectivity index (χ1v) is 13.6. The van der Waals surface area contributed by atoms with Crippen LogP contribution in [0.4, 0.5) is 5.82 Å². The van der Waals surface area contributed by atoms with Gasteiger partial charge in [0, 0.05) is 24.9 Å². The van der Waals surface area contributed by atoms with Crippen LogP contribution in [0, 0.1) is 6.92 Å². The third-order valence-electron chi connectivity index (χ3n) is 4.48. The topological polar surface area (TPSA) is 250 Å². The van der Waals surface area contributed by atoms with E-state index >= 15 is 0 Å². The third kappa shape index (κ3) is 7.55. The van der Waals surface area contributed by atoms with Gasteiger partial charge in [0.05, 0.1) is 18.3 Å². The van der Waals surface area contributed by atoms with Crippen LogP contribution in [-0.4, -0.2) is 55.8 Å². The van der Waals surface area contributed by atoms with E-state index < -0.39 is 48.4 Å². The van der Waals surface area contributed by atoms with Crippen molar-refractivity contribution in [3.05, 3.63) is 30.1 Å². The molecule has 9 N–H and O–H groups in total. The van der Waals surface area contributed by atoms with Crippen molar-refractivity contribution in [3.8, 4) is 0 Å². The lowest BCUT2D eigenvalue weighted by atomic mass is 10.1. The second kappa shape index (κ2) is 10.5. The zero-order chi connectivity index (χ0) is 25.2. The quantitative estimate of drug-likeness (QED) is 0.116. The highest BCUT2D eigenvalue weighted by molar-refractivity contribution is 7.66. The zero-order valence-corrected chi connectivity index (χ0v) is 20.2. The summed E-state index contributed by atoms with van der Waals surface area (Å²) in [7, 11) is -14.8. The highest BCUT2D eigenvalue weighted by Crippen LogP contribution is 2.66. The van der Waals surface area contributed by atoms with Gasteiger partial charge in [0.2, 0.25) is 0 Å². The van der Waals surface area contributed by atoms with E-state index in [9.17, 15) is 23.5 Å². The van der Waals surface area contributed by atoms with Crippen LogP contribution >= 0.6 is 23.5 Å². The van der Waals surface area contributed by atoms with Crippen molar-refractivity contribution in [2.45, 2.75) is 31.7 Å². The summed E-state index contributed by atoms with van der Waals surface area (Å²) in [4.78, 5) is 39.9. The second-order valence-corrected chi connectivity index (χ2v) is 11.2. The smallest absolute Gasteiger partial charge is 0.384 e. The van der Waals surface area contributed by atoms with Gasteiger partial charge in [0.25, 0.3) is 0 Å². The Hall–Kier alpha value is -1.38. The molecular weight excluding hydrogens is 507 g/mol. The molecule has 0 saturated carbocycles. The number of phosphoric ester groups is 1. The maximum atomic E-state index is 12.0.